The number of rotatable bonds is 6. The predicted octanol–water partition coefficient (Wildman–Crippen LogP) is 4.70. The highest BCUT2D eigenvalue weighted by Gasteiger charge is 2.66. The molecule has 0 unspecified atom stereocenters. The summed E-state index contributed by atoms with van der Waals surface area (Å²) in [7, 11) is 0. The first-order valence-corrected chi connectivity index (χ1v) is 13.3. The monoisotopic (exact) mass is 527 g/mol. The summed E-state index contributed by atoms with van der Waals surface area (Å²) in [5, 5.41) is 12.2. The maximum absolute atomic E-state index is 14.6. The summed E-state index contributed by atoms with van der Waals surface area (Å²) in [6, 6.07) is 36.4. The van der Waals surface area contributed by atoms with Crippen LogP contribution in [0.15, 0.2) is 132 Å². The van der Waals surface area contributed by atoms with Crippen LogP contribution in [0.4, 0.5) is 0 Å². The topological polar surface area (TPSA) is 123 Å². The van der Waals surface area contributed by atoms with Crippen LogP contribution in [0.5, 0.6) is 0 Å². The van der Waals surface area contributed by atoms with E-state index in [2.05, 4.69) is 15.5 Å². The summed E-state index contributed by atoms with van der Waals surface area (Å²) in [6.07, 6.45) is 0. The van der Waals surface area contributed by atoms with Crippen molar-refractivity contribution in [1.29, 1.82) is 0 Å². The molecular formula is C33H29N5O2. The van der Waals surface area contributed by atoms with E-state index in [1.165, 1.54) is 0 Å². The maximum Gasteiger partial charge on any atom is 0.169 e. The molecule has 4 aromatic rings. The zero-order valence-corrected chi connectivity index (χ0v) is 21.7. The number of carbonyl (C=O) groups is 2. The Morgan fingerprint density at radius 2 is 0.875 bits per heavy atom. The Kier molecular flexibility index (Phi) is 6.58. The van der Waals surface area contributed by atoms with Crippen LogP contribution in [0.2, 0.25) is 0 Å². The average Bonchev–Trinajstić information content (AvgIpc) is 3.30. The fraction of sp³-hybridized carbons (Fsp3) is 0.152. The van der Waals surface area contributed by atoms with Gasteiger partial charge in [-0.05, 0) is 11.1 Å². The number of piperidine rings is 1. The van der Waals surface area contributed by atoms with Crippen molar-refractivity contribution in [3.63, 3.8) is 0 Å². The number of ketones is 2. The number of Topliss-reactive ketones (excluding diaryl/α,β-unsaturated/α-hetero) is 2. The highest BCUT2D eigenvalue weighted by Crippen LogP contribution is 2.56. The molecule has 2 aliphatic rings. The summed E-state index contributed by atoms with van der Waals surface area (Å²) in [5.41, 5.74) is 14.7. The number of hydrogen-bond donors (Lipinski definition) is 3. The minimum absolute atomic E-state index is 0.0666. The molecule has 4 aromatic carbocycles. The summed E-state index contributed by atoms with van der Waals surface area (Å²) in [6.45, 7) is 0. The number of benzene rings is 4. The van der Waals surface area contributed by atoms with Crippen LogP contribution in [0.25, 0.3) is 0 Å². The lowest BCUT2D eigenvalue weighted by Crippen LogP contribution is -2.67. The molecule has 0 aromatic heterocycles. The summed E-state index contributed by atoms with van der Waals surface area (Å²) < 4.78 is 0. The summed E-state index contributed by atoms with van der Waals surface area (Å²) >= 11 is 0. The van der Waals surface area contributed by atoms with E-state index in [-0.39, 0.29) is 23.2 Å². The number of nitrogens with two attached hydrogens (primary N) is 2. The molecule has 4 atom stereocenters. The highest BCUT2D eigenvalue weighted by molar-refractivity contribution is 6.20. The Hall–Kier alpha value is -4.88. The number of nitrogens with zero attached hydrogens (tertiary/aromatic N) is 2. The molecular weight excluding hydrogens is 498 g/mol. The van der Waals surface area contributed by atoms with Crippen LogP contribution in [-0.2, 0) is 0 Å². The molecule has 6 rings (SSSR count). The Morgan fingerprint density at radius 1 is 0.550 bits per heavy atom. The molecule has 198 valence electrons. The molecule has 1 saturated heterocycles. The van der Waals surface area contributed by atoms with E-state index < -0.39 is 29.3 Å². The zero-order chi connectivity index (χ0) is 27.7. The second-order valence-corrected chi connectivity index (χ2v) is 10.2. The lowest BCUT2D eigenvalue weighted by atomic mass is 9.53. The normalized spacial score (nSPS) is 23.3. The molecule has 0 bridgehead atoms. The van der Waals surface area contributed by atoms with E-state index >= 15 is 0 Å². The van der Waals surface area contributed by atoms with Crippen LogP contribution in [0, 0.1) is 17.3 Å². The van der Waals surface area contributed by atoms with Crippen molar-refractivity contribution in [2.75, 3.05) is 0 Å². The van der Waals surface area contributed by atoms with Gasteiger partial charge >= 0.3 is 0 Å². The van der Waals surface area contributed by atoms with Crippen LogP contribution < -0.4 is 16.8 Å². The van der Waals surface area contributed by atoms with Crippen molar-refractivity contribution >= 4 is 23.2 Å². The predicted molar refractivity (Wildman–Crippen MR) is 156 cm³/mol. The number of hydrogen-bond acceptors (Lipinski definition) is 7. The summed E-state index contributed by atoms with van der Waals surface area (Å²) in [4.78, 5) is 29.2. The maximum atomic E-state index is 14.6. The van der Waals surface area contributed by atoms with Gasteiger partial charge in [0.1, 0.15) is 17.1 Å². The van der Waals surface area contributed by atoms with Crippen molar-refractivity contribution in [2.24, 2.45) is 38.9 Å². The first-order valence-electron chi connectivity index (χ1n) is 13.3. The van der Waals surface area contributed by atoms with Crippen LogP contribution in [0.1, 0.15) is 43.9 Å². The molecule has 2 aliphatic heterocycles. The first kappa shape index (κ1) is 25.4. The van der Waals surface area contributed by atoms with Gasteiger partial charge in [0.25, 0.3) is 0 Å². The quantitative estimate of drug-likeness (QED) is 0.314. The Bertz CT molecular complexity index is 1470. The van der Waals surface area contributed by atoms with Crippen LogP contribution in [-0.4, -0.2) is 23.2 Å². The van der Waals surface area contributed by atoms with E-state index in [1.54, 1.807) is 24.3 Å². The van der Waals surface area contributed by atoms with Crippen molar-refractivity contribution in [1.82, 2.24) is 5.32 Å². The lowest BCUT2D eigenvalue weighted by Gasteiger charge is -2.53. The standard InChI is InChI=1S/C33H29N5O2/c34-31-33(32(35)38-37-31)25(29(39)23-17-9-3-10-18-23)27(21-13-5-1-6-14-21)36-28(22-15-7-2-8-16-22)26(33)30(40)24-19-11-4-12-20-24/h1-20,25-28,36H,(H2,34,37)(H2,35,38)/t25-,26+,27+,28-. The Labute approximate surface area is 232 Å². The van der Waals surface area contributed by atoms with Crippen molar-refractivity contribution in [2.45, 2.75) is 12.1 Å². The molecule has 1 spiro atoms. The van der Waals surface area contributed by atoms with E-state index in [0.717, 1.165) is 11.1 Å². The molecule has 40 heavy (non-hydrogen) atoms. The second kappa shape index (κ2) is 10.4. The summed E-state index contributed by atoms with van der Waals surface area (Å²) in [5.74, 6) is -2.08. The van der Waals surface area contributed by atoms with E-state index in [9.17, 15) is 9.59 Å². The fourth-order valence-electron chi connectivity index (χ4n) is 6.33. The Balaban J connectivity index is 1.65. The second-order valence-electron chi connectivity index (χ2n) is 10.2. The number of amidine groups is 2. The van der Waals surface area contributed by atoms with Gasteiger partial charge in [-0.3, -0.25) is 9.59 Å². The van der Waals surface area contributed by atoms with Gasteiger partial charge in [-0.1, -0.05) is 121 Å². The molecule has 0 aliphatic carbocycles. The van der Waals surface area contributed by atoms with E-state index in [0.29, 0.717) is 11.1 Å². The smallest absolute Gasteiger partial charge is 0.169 e. The molecule has 0 amide bonds. The molecule has 0 saturated carbocycles. The average molecular weight is 528 g/mol. The Morgan fingerprint density at radius 3 is 1.23 bits per heavy atom. The van der Waals surface area contributed by atoms with Gasteiger partial charge in [-0.25, -0.2) is 0 Å². The molecule has 0 radical (unpaired) electrons. The number of carbonyl (C=O) groups excluding carboxylic acids is 2. The van der Waals surface area contributed by atoms with Crippen molar-refractivity contribution in [3.8, 4) is 0 Å². The van der Waals surface area contributed by atoms with Gasteiger partial charge in [0, 0.05) is 23.2 Å². The molecule has 7 heteroatoms. The van der Waals surface area contributed by atoms with E-state index in [1.807, 2.05) is 97.1 Å². The third-order valence-corrected chi connectivity index (χ3v) is 8.12. The molecule has 7 nitrogen and oxygen atoms in total. The minimum atomic E-state index is -1.48. The first-order chi connectivity index (χ1) is 19.5. The molecule has 2 heterocycles. The lowest BCUT2D eigenvalue weighted by molar-refractivity contribution is 0.0471. The van der Waals surface area contributed by atoms with Crippen LogP contribution in [0.3, 0.4) is 0 Å². The minimum Gasteiger partial charge on any atom is -0.385 e. The SMILES string of the molecule is NC1=NN=C(N)C12[C@H](C(=O)c1ccccc1)[C@@H](c1ccccc1)N[C@@H](c1ccccc1)[C@@H]2C(=O)c1ccccc1. The molecule has 1 fully saturated rings. The van der Waals surface area contributed by atoms with Crippen molar-refractivity contribution < 1.29 is 9.59 Å². The van der Waals surface area contributed by atoms with Gasteiger partial charge in [-0.15, -0.1) is 10.2 Å². The highest BCUT2D eigenvalue weighted by atomic mass is 16.1. The number of nitrogens with one attached hydrogen (secondary N) is 1. The van der Waals surface area contributed by atoms with Gasteiger partial charge in [-0.2, -0.15) is 0 Å². The third-order valence-electron chi connectivity index (χ3n) is 8.12. The third kappa shape index (κ3) is 4.03. The fourth-order valence-corrected chi connectivity index (χ4v) is 6.33. The van der Waals surface area contributed by atoms with Gasteiger partial charge in [0.05, 0.1) is 11.8 Å². The van der Waals surface area contributed by atoms with Crippen molar-refractivity contribution in [3.05, 3.63) is 144 Å². The van der Waals surface area contributed by atoms with Gasteiger partial charge in [0.2, 0.25) is 0 Å². The van der Waals surface area contributed by atoms with E-state index in [4.69, 9.17) is 11.5 Å². The molecule has 5 N–H and O–H groups in total. The van der Waals surface area contributed by atoms with Gasteiger partial charge < -0.3 is 16.8 Å². The van der Waals surface area contributed by atoms with Crippen LogP contribution >= 0.6 is 0 Å². The zero-order valence-electron chi connectivity index (χ0n) is 21.7. The largest absolute Gasteiger partial charge is 0.385 e. The van der Waals surface area contributed by atoms with Gasteiger partial charge in [0.15, 0.2) is 11.6 Å².